The highest BCUT2D eigenvalue weighted by atomic mass is 35.5. The molecule has 1 aliphatic heterocycles. The molecular formula is C15H11ClF3NO. The van der Waals surface area contributed by atoms with Crippen LogP contribution >= 0.6 is 11.6 Å². The number of hydrogen-bond donors (Lipinski definition) is 1. The molecule has 1 unspecified atom stereocenters. The van der Waals surface area contributed by atoms with E-state index in [-0.39, 0.29) is 11.8 Å². The van der Waals surface area contributed by atoms with Gasteiger partial charge in [0.15, 0.2) is 0 Å². The molecule has 0 spiro atoms. The van der Waals surface area contributed by atoms with Gasteiger partial charge in [0.2, 0.25) is 0 Å². The molecule has 1 atom stereocenters. The third kappa shape index (κ3) is 3.24. The standard InChI is InChI=1S/C15H11ClF3NO/c16-11-3-1-9(2-4-11)14-8-10-7-12(21-15(17,18)19)5-6-13(10)20-14/h1-7,14,20H,8H2. The summed E-state index contributed by atoms with van der Waals surface area (Å²) in [5.41, 5.74) is 2.66. The highest BCUT2D eigenvalue weighted by molar-refractivity contribution is 6.30. The zero-order valence-electron chi connectivity index (χ0n) is 10.7. The fraction of sp³-hybridized carbons (Fsp3) is 0.200. The minimum absolute atomic E-state index is 0.0263. The van der Waals surface area contributed by atoms with E-state index in [1.54, 1.807) is 18.2 Å². The van der Waals surface area contributed by atoms with Gasteiger partial charge in [-0.2, -0.15) is 0 Å². The van der Waals surface area contributed by atoms with Gasteiger partial charge < -0.3 is 10.1 Å². The second-order valence-corrected chi connectivity index (χ2v) is 5.26. The minimum atomic E-state index is -4.67. The van der Waals surface area contributed by atoms with E-state index in [4.69, 9.17) is 11.6 Å². The maximum atomic E-state index is 12.2. The Morgan fingerprint density at radius 2 is 1.81 bits per heavy atom. The van der Waals surface area contributed by atoms with Crippen LogP contribution in [0.3, 0.4) is 0 Å². The van der Waals surface area contributed by atoms with Gasteiger partial charge in [-0.3, -0.25) is 0 Å². The van der Waals surface area contributed by atoms with Gasteiger partial charge >= 0.3 is 6.36 Å². The number of halogens is 4. The molecule has 3 rings (SSSR count). The molecule has 0 fully saturated rings. The Kier molecular flexibility index (Phi) is 3.45. The first-order chi connectivity index (χ1) is 9.90. The molecule has 1 N–H and O–H groups in total. The highest BCUT2D eigenvalue weighted by Gasteiger charge is 2.32. The second kappa shape index (κ2) is 5.15. The number of hydrogen-bond acceptors (Lipinski definition) is 2. The van der Waals surface area contributed by atoms with Gasteiger partial charge in [-0.05, 0) is 47.9 Å². The molecule has 0 aliphatic carbocycles. The van der Waals surface area contributed by atoms with Crippen molar-refractivity contribution >= 4 is 17.3 Å². The van der Waals surface area contributed by atoms with Gasteiger partial charge in [0.25, 0.3) is 0 Å². The molecule has 0 aromatic heterocycles. The topological polar surface area (TPSA) is 21.3 Å². The number of ether oxygens (including phenoxy) is 1. The smallest absolute Gasteiger partial charge is 0.406 e. The van der Waals surface area contributed by atoms with Crippen LogP contribution in [0.15, 0.2) is 42.5 Å². The number of anilines is 1. The zero-order valence-corrected chi connectivity index (χ0v) is 11.5. The summed E-state index contributed by atoms with van der Waals surface area (Å²) in [5.74, 6) is -0.195. The molecular weight excluding hydrogens is 303 g/mol. The predicted octanol–water partition coefficient (Wildman–Crippen LogP) is 4.95. The molecule has 2 nitrogen and oxygen atoms in total. The molecule has 0 saturated carbocycles. The highest BCUT2D eigenvalue weighted by Crippen LogP contribution is 2.37. The molecule has 0 radical (unpaired) electrons. The van der Waals surface area contributed by atoms with Crippen LogP contribution in [0, 0.1) is 0 Å². The number of fused-ring (bicyclic) bond motifs is 1. The molecule has 2 aromatic rings. The lowest BCUT2D eigenvalue weighted by molar-refractivity contribution is -0.274. The molecule has 21 heavy (non-hydrogen) atoms. The maximum Gasteiger partial charge on any atom is 0.573 e. The first kappa shape index (κ1) is 14.1. The first-order valence-corrected chi connectivity index (χ1v) is 6.69. The van der Waals surface area contributed by atoms with Crippen LogP contribution in [-0.4, -0.2) is 6.36 Å². The van der Waals surface area contributed by atoms with Crippen molar-refractivity contribution in [3.63, 3.8) is 0 Å². The fourth-order valence-corrected chi connectivity index (χ4v) is 2.56. The van der Waals surface area contributed by atoms with Crippen molar-refractivity contribution in [3.8, 4) is 5.75 Å². The molecule has 6 heteroatoms. The Bertz CT molecular complexity index is 655. The third-order valence-corrected chi connectivity index (χ3v) is 3.59. The summed E-state index contributed by atoms with van der Waals surface area (Å²) in [6, 6.07) is 11.7. The Labute approximate surface area is 124 Å². The normalized spacial score (nSPS) is 17.2. The number of benzene rings is 2. The van der Waals surface area contributed by atoms with Gasteiger partial charge in [-0.15, -0.1) is 13.2 Å². The molecule has 1 heterocycles. The lowest BCUT2D eigenvalue weighted by Crippen LogP contribution is -2.17. The van der Waals surface area contributed by atoms with Crippen LogP contribution in [-0.2, 0) is 6.42 Å². The Morgan fingerprint density at radius 3 is 2.48 bits per heavy atom. The molecule has 2 aromatic carbocycles. The summed E-state index contributed by atoms with van der Waals surface area (Å²) >= 11 is 5.85. The van der Waals surface area contributed by atoms with E-state index in [1.165, 1.54) is 12.1 Å². The van der Waals surface area contributed by atoms with Crippen molar-refractivity contribution in [1.29, 1.82) is 0 Å². The molecule has 1 aliphatic rings. The number of nitrogens with one attached hydrogen (secondary N) is 1. The summed E-state index contributed by atoms with van der Waals surface area (Å²) in [6.07, 6.45) is -4.07. The molecule has 0 bridgehead atoms. The second-order valence-electron chi connectivity index (χ2n) is 4.82. The van der Waals surface area contributed by atoms with Crippen molar-refractivity contribution < 1.29 is 17.9 Å². The summed E-state index contributed by atoms with van der Waals surface area (Å²) in [5, 5.41) is 3.93. The van der Waals surface area contributed by atoms with Crippen LogP contribution in [0.25, 0.3) is 0 Å². The zero-order chi connectivity index (χ0) is 15.0. The molecule has 0 amide bonds. The van der Waals surface area contributed by atoms with Crippen LogP contribution < -0.4 is 10.1 Å². The molecule has 110 valence electrons. The van der Waals surface area contributed by atoms with E-state index in [0.29, 0.717) is 11.4 Å². The van der Waals surface area contributed by atoms with Crippen molar-refractivity contribution in [1.82, 2.24) is 0 Å². The average molecular weight is 314 g/mol. The Morgan fingerprint density at radius 1 is 1.10 bits per heavy atom. The fourth-order valence-electron chi connectivity index (χ4n) is 2.43. The summed E-state index contributed by atoms with van der Waals surface area (Å²) in [6.45, 7) is 0. The first-order valence-electron chi connectivity index (χ1n) is 6.31. The third-order valence-electron chi connectivity index (χ3n) is 3.34. The van der Waals surface area contributed by atoms with E-state index in [9.17, 15) is 13.2 Å². The number of alkyl halides is 3. The van der Waals surface area contributed by atoms with Gasteiger partial charge in [0.05, 0.1) is 6.04 Å². The monoisotopic (exact) mass is 313 g/mol. The Hall–Kier alpha value is -1.88. The largest absolute Gasteiger partial charge is 0.573 e. The van der Waals surface area contributed by atoms with E-state index >= 15 is 0 Å². The van der Waals surface area contributed by atoms with Crippen LogP contribution in [0.2, 0.25) is 5.02 Å². The van der Waals surface area contributed by atoms with Gasteiger partial charge in [0, 0.05) is 10.7 Å². The SMILES string of the molecule is FC(F)(F)Oc1ccc2c(c1)CC(c1ccc(Cl)cc1)N2. The van der Waals surface area contributed by atoms with E-state index in [1.807, 2.05) is 12.1 Å². The number of rotatable bonds is 2. The predicted molar refractivity (Wildman–Crippen MR) is 74.6 cm³/mol. The van der Waals surface area contributed by atoms with E-state index in [0.717, 1.165) is 16.8 Å². The van der Waals surface area contributed by atoms with Crippen molar-refractivity contribution in [3.05, 3.63) is 58.6 Å². The average Bonchev–Trinajstić information content (AvgIpc) is 2.80. The van der Waals surface area contributed by atoms with Gasteiger partial charge in [-0.25, -0.2) is 0 Å². The minimum Gasteiger partial charge on any atom is -0.406 e. The van der Waals surface area contributed by atoms with Crippen molar-refractivity contribution in [2.45, 2.75) is 18.8 Å². The summed E-state index contributed by atoms with van der Waals surface area (Å²) in [7, 11) is 0. The van der Waals surface area contributed by atoms with Crippen LogP contribution in [0.1, 0.15) is 17.2 Å². The van der Waals surface area contributed by atoms with Crippen LogP contribution in [0.4, 0.5) is 18.9 Å². The van der Waals surface area contributed by atoms with E-state index < -0.39 is 6.36 Å². The van der Waals surface area contributed by atoms with Crippen molar-refractivity contribution in [2.75, 3.05) is 5.32 Å². The van der Waals surface area contributed by atoms with Gasteiger partial charge in [0.1, 0.15) is 5.75 Å². The van der Waals surface area contributed by atoms with Crippen LogP contribution in [0.5, 0.6) is 5.75 Å². The lowest BCUT2D eigenvalue weighted by Gasteiger charge is -2.11. The van der Waals surface area contributed by atoms with E-state index in [2.05, 4.69) is 10.1 Å². The summed E-state index contributed by atoms with van der Waals surface area (Å²) in [4.78, 5) is 0. The van der Waals surface area contributed by atoms with Crippen molar-refractivity contribution in [2.24, 2.45) is 0 Å². The Balaban J connectivity index is 1.79. The van der Waals surface area contributed by atoms with Gasteiger partial charge in [-0.1, -0.05) is 23.7 Å². The molecule has 0 saturated heterocycles. The lowest BCUT2D eigenvalue weighted by atomic mass is 10.0. The summed E-state index contributed by atoms with van der Waals surface area (Å²) < 4.78 is 40.6. The quantitative estimate of drug-likeness (QED) is 0.847. The maximum absolute atomic E-state index is 12.2.